The van der Waals surface area contributed by atoms with E-state index in [9.17, 15) is 13.6 Å². The highest BCUT2D eigenvalue weighted by atomic mass is 19.2. The van der Waals surface area contributed by atoms with E-state index < -0.39 is 17.7 Å². The second-order valence-corrected chi connectivity index (χ2v) is 10.4. The van der Waals surface area contributed by atoms with Crippen molar-refractivity contribution in [2.24, 2.45) is 5.92 Å². The Morgan fingerprint density at radius 3 is 2.44 bits per heavy atom. The van der Waals surface area contributed by atoms with Gasteiger partial charge in [-0.2, -0.15) is 0 Å². The summed E-state index contributed by atoms with van der Waals surface area (Å²) in [4.78, 5) is 15.1. The van der Waals surface area contributed by atoms with Gasteiger partial charge in [0.25, 0.3) is 0 Å². The standard InChI is InChI=1S/C30H33F2N2O2/c1-22-6-5-9-26(18-22)33(20-24-10-11-27(31)28(32)19-24)30(35)36-29-21-34(16-13-25(29)14-17-34)15-12-23-7-3-2-4-8-23/h2-11,18-19,25,29H,12-17,20-21H2,1H3/q+1. The van der Waals surface area contributed by atoms with E-state index in [0.717, 1.165) is 67.6 Å². The topological polar surface area (TPSA) is 29.5 Å². The van der Waals surface area contributed by atoms with E-state index in [4.69, 9.17) is 4.74 Å². The first-order valence-electron chi connectivity index (χ1n) is 12.8. The van der Waals surface area contributed by atoms with Crippen LogP contribution < -0.4 is 4.90 Å². The third-order valence-corrected chi connectivity index (χ3v) is 7.87. The van der Waals surface area contributed by atoms with Gasteiger partial charge in [-0.1, -0.05) is 48.5 Å². The molecule has 4 nitrogen and oxygen atoms in total. The molecule has 36 heavy (non-hydrogen) atoms. The molecule has 6 heteroatoms. The second-order valence-electron chi connectivity index (χ2n) is 10.4. The lowest BCUT2D eigenvalue weighted by molar-refractivity contribution is -0.945. The second kappa shape index (κ2) is 10.4. The minimum absolute atomic E-state index is 0.102. The van der Waals surface area contributed by atoms with Gasteiger partial charge >= 0.3 is 6.09 Å². The molecule has 3 aromatic rings. The van der Waals surface area contributed by atoms with E-state index in [0.29, 0.717) is 17.2 Å². The van der Waals surface area contributed by atoms with Gasteiger partial charge in [0.05, 0.1) is 26.2 Å². The summed E-state index contributed by atoms with van der Waals surface area (Å²) in [6.45, 7) is 6.19. The number of nitrogens with zero attached hydrogens (tertiary/aromatic N) is 2. The third kappa shape index (κ3) is 5.44. The molecule has 1 atom stereocenters. The number of hydrogen-bond donors (Lipinski definition) is 0. The van der Waals surface area contributed by atoms with Crippen molar-refractivity contribution in [3.8, 4) is 0 Å². The summed E-state index contributed by atoms with van der Waals surface area (Å²) in [5, 5.41) is 0. The molecule has 3 fully saturated rings. The highest BCUT2D eigenvalue weighted by Crippen LogP contribution is 2.36. The molecular formula is C30H33F2N2O2+. The number of carbonyl (C=O) groups is 1. The molecule has 3 aliphatic heterocycles. The Bertz CT molecular complexity index is 1210. The molecule has 3 aromatic carbocycles. The minimum atomic E-state index is -0.924. The molecule has 3 heterocycles. The summed E-state index contributed by atoms with van der Waals surface area (Å²) in [5.74, 6) is -1.46. The summed E-state index contributed by atoms with van der Waals surface area (Å²) < 4.78 is 34.6. The molecule has 188 valence electrons. The number of ether oxygens (including phenoxy) is 1. The first-order valence-corrected chi connectivity index (χ1v) is 12.8. The predicted octanol–water partition coefficient (Wildman–Crippen LogP) is 6.27. The number of hydrogen-bond acceptors (Lipinski definition) is 2. The van der Waals surface area contributed by atoms with Gasteiger partial charge in [-0.3, -0.25) is 4.90 Å². The predicted molar refractivity (Wildman–Crippen MR) is 137 cm³/mol. The largest absolute Gasteiger partial charge is 0.440 e. The lowest BCUT2D eigenvalue weighted by Crippen LogP contribution is -2.65. The lowest BCUT2D eigenvalue weighted by atomic mass is 9.83. The van der Waals surface area contributed by atoms with Crippen molar-refractivity contribution in [3.63, 3.8) is 0 Å². The van der Waals surface area contributed by atoms with E-state index in [1.807, 2.05) is 37.3 Å². The third-order valence-electron chi connectivity index (χ3n) is 7.87. The van der Waals surface area contributed by atoms with Gasteiger partial charge in [0.15, 0.2) is 17.7 Å². The van der Waals surface area contributed by atoms with Crippen LogP contribution in [0, 0.1) is 24.5 Å². The van der Waals surface area contributed by atoms with E-state index in [1.165, 1.54) is 16.5 Å². The number of anilines is 1. The van der Waals surface area contributed by atoms with E-state index in [-0.39, 0.29) is 12.6 Å². The van der Waals surface area contributed by atoms with Crippen LogP contribution in [0.25, 0.3) is 0 Å². The highest BCUT2D eigenvalue weighted by molar-refractivity contribution is 5.87. The van der Waals surface area contributed by atoms with Crippen LogP contribution in [-0.2, 0) is 17.7 Å². The molecule has 0 saturated carbocycles. The van der Waals surface area contributed by atoms with E-state index in [1.54, 1.807) is 0 Å². The fraction of sp³-hybridized carbons (Fsp3) is 0.367. The van der Waals surface area contributed by atoms with Crippen LogP contribution in [0.4, 0.5) is 19.3 Å². The zero-order valence-corrected chi connectivity index (χ0v) is 20.7. The van der Waals surface area contributed by atoms with Gasteiger partial charge in [-0.05, 0) is 47.9 Å². The average Bonchev–Trinajstić information content (AvgIpc) is 2.89. The molecule has 1 unspecified atom stereocenters. The van der Waals surface area contributed by atoms with Crippen molar-refractivity contribution in [2.75, 3.05) is 31.1 Å². The Hall–Kier alpha value is -3.25. The summed E-state index contributed by atoms with van der Waals surface area (Å²) in [6.07, 6.45) is 2.54. The molecule has 0 aromatic heterocycles. The quantitative estimate of drug-likeness (QED) is 0.365. The average molecular weight is 492 g/mol. The van der Waals surface area contributed by atoms with Crippen LogP contribution in [0.1, 0.15) is 29.5 Å². The maximum Gasteiger partial charge on any atom is 0.415 e. The van der Waals surface area contributed by atoms with Gasteiger partial charge in [0.1, 0.15) is 6.54 Å². The zero-order chi connectivity index (χ0) is 25.1. The van der Waals surface area contributed by atoms with Crippen LogP contribution in [0.2, 0.25) is 0 Å². The molecule has 2 bridgehead atoms. The highest BCUT2D eigenvalue weighted by Gasteiger charge is 2.47. The van der Waals surface area contributed by atoms with Crippen LogP contribution in [0.15, 0.2) is 72.8 Å². The Morgan fingerprint density at radius 2 is 1.72 bits per heavy atom. The number of amides is 1. The maximum atomic E-state index is 13.9. The number of rotatable bonds is 7. The number of fused-ring (bicyclic) bond motifs is 3. The first kappa shape index (κ1) is 24.4. The zero-order valence-electron chi connectivity index (χ0n) is 20.7. The smallest absolute Gasteiger partial charge is 0.415 e. The maximum absolute atomic E-state index is 13.9. The van der Waals surface area contributed by atoms with Crippen molar-refractivity contribution in [2.45, 2.75) is 38.8 Å². The summed E-state index contributed by atoms with van der Waals surface area (Å²) >= 11 is 0. The number of halogens is 2. The molecule has 3 aliphatic rings. The summed E-state index contributed by atoms with van der Waals surface area (Å²) in [7, 11) is 0. The molecule has 6 rings (SSSR count). The van der Waals surface area contributed by atoms with Crippen LogP contribution in [0.5, 0.6) is 0 Å². The molecular weight excluding hydrogens is 458 g/mol. The lowest BCUT2D eigenvalue weighted by Gasteiger charge is -2.52. The van der Waals surface area contributed by atoms with Crippen molar-refractivity contribution < 1.29 is 22.8 Å². The normalized spacial score (nSPS) is 22.9. The van der Waals surface area contributed by atoms with Gasteiger partial charge in [0, 0.05) is 30.9 Å². The van der Waals surface area contributed by atoms with Gasteiger partial charge in [-0.25, -0.2) is 13.6 Å². The van der Waals surface area contributed by atoms with Gasteiger partial charge < -0.3 is 9.22 Å². The Morgan fingerprint density at radius 1 is 0.944 bits per heavy atom. The van der Waals surface area contributed by atoms with Crippen molar-refractivity contribution >= 4 is 11.8 Å². The monoisotopic (exact) mass is 491 g/mol. The Labute approximate surface area is 211 Å². The number of quaternary nitrogens is 1. The summed E-state index contributed by atoms with van der Waals surface area (Å²) in [6, 6.07) is 21.9. The first-order chi connectivity index (χ1) is 17.4. The van der Waals surface area contributed by atoms with Gasteiger partial charge in [-0.15, -0.1) is 0 Å². The molecule has 0 radical (unpaired) electrons. The number of aryl methyl sites for hydroxylation is 1. The minimum Gasteiger partial charge on any atom is -0.440 e. The van der Waals surface area contributed by atoms with Crippen molar-refractivity contribution in [3.05, 3.63) is 101 Å². The SMILES string of the molecule is Cc1cccc(N(Cc2ccc(F)c(F)c2)C(=O)OC2C[N+]3(CCc4ccccc4)CCC2CC3)c1. The molecule has 0 N–H and O–H groups in total. The van der Waals surface area contributed by atoms with E-state index >= 15 is 0 Å². The number of carbonyl (C=O) groups excluding carboxylic acids is 1. The molecule has 0 spiro atoms. The fourth-order valence-corrected chi connectivity index (χ4v) is 5.75. The van der Waals surface area contributed by atoms with Crippen molar-refractivity contribution in [1.29, 1.82) is 0 Å². The van der Waals surface area contributed by atoms with E-state index in [2.05, 4.69) is 24.3 Å². The molecule has 0 aliphatic carbocycles. The van der Waals surface area contributed by atoms with Crippen LogP contribution >= 0.6 is 0 Å². The van der Waals surface area contributed by atoms with Crippen LogP contribution in [0.3, 0.4) is 0 Å². The summed E-state index contributed by atoms with van der Waals surface area (Å²) in [5.41, 5.74) is 3.53. The number of benzene rings is 3. The molecule has 3 saturated heterocycles. The number of piperidine rings is 3. The Kier molecular flexibility index (Phi) is 7.06. The Balaban J connectivity index is 1.32. The van der Waals surface area contributed by atoms with Crippen molar-refractivity contribution in [1.82, 2.24) is 0 Å². The van der Waals surface area contributed by atoms with Gasteiger partial charge in [0.2, 0.25) is 0 Å². The fourth-order valence-electron chi connectivity index (χ4n) is 5.75. The van der Waals surface area contributed by atoms with Crippen LogP contribution in [-0.4, -0.2) is 42.9 Å². The molecule has 1 amide bonds.